The van der Waals surface area contributed by atoms with Crippen molar-refractivity contribution in [2.24, 2.45) is 0 Å². The number of nitrogens with one attached hydrogen (secondary N) is 1. The van der Waals surface area contributed by atoms with E-state index in [0.29, 0.717) is 18.8 Å². The Balaban J connectivity index is 0.00000616. The third kappa shape index (κ3) is 11.8. The summed E-state index contributed by atoms with van der Waals surface area (Å²) in [4.78, 5) is 40.5. The number of nitrogens with zero attached hydrogens (tertiary/aromatic N) is 1. The average Bonchev–Trinajstić information content (AvgIpc) is 2.98. The topological polar surface area (TPSA) is 115 Å². The van der Waals surface area contributed by atoms with Crippen LogP contribution in [0.5, 0.6) is 0 Å². The highest BCUT2D eigenvalue weighted by molar-refractivity contribution is 5.98. The van der Waals surface area contributed by atoms with E-state index >= 15 is 0 Å². The molecule has 0 radical (unpaired) electrons. The number of halogens is 1. The zero-order valence-electron chi connectivity index (χ0n) is 24.1. The molecular formula is C33H39ClN2O6. The Hall–Kier alpha value is -4.01. The van der Waals surface area contributed by atoms with Gasteiger partial charge in [-0.3, -0.25) is 14.6 Å². The minimum absolute atomic E-state index is 0. The van der Waals surface area contributed by atoms with Crippen LogP contribution in [0, 0.1) is 0 Å². The van der Waals surface area contributed by atoms with Crippen LogP contribution in [-0.2, 0) is 38.5 Å². The highest BCUT2D eigenvalue weighted by atomic mass is 35.5. The number of unbranched alkanes of at least 4 members (excludes halogenated alkanes) is 1. The van der Waals surface area contributed by atoms with Gasteiger partial charge in [-0.25, -0.2) is 4.79 Å². The highest BCUT2D eigenvalue weighted by Gasteiger charge is 2.25. The van der Waals surface area contributed by atoms with Crippen molar-refractivity contribution in [2.45, 2.75) is 58.6 Å². The number of esters is 1. The maximum Gasteiger partial charge on any atom is 0.329 e. The van der Waals surface area contributed by atoms with Crippen LogP contribution in [-0.4, -0.2) is 47.2 Å². The first kappa shape index (κ1) is 34.2. The zero-order chi connectivity index (χ0) is 29.5. The Morgan fingerprint density at radius 3 is 2.40 bits per heavy atom. The van der Waals surface area contributed by atoms with Gasteiger partial charge in [-0.15, -0.1) is 12.4 Å². The van der Waals surface area contributed by atoms with E-state index in [0.717, 1.165) is 42.6 Å². The lowest BCUT2D eigenvalue weighted by atomic mass is 10.1. The van der Waals surface area contributed by atoms with Gasteiger partial charge in [0.05, 0.1) is 31.0 Å². The zero-order valence-corrected chi connectivity index (χ0v) is 24.9. The van der Waals surface area contributed by atoms with Crippen molar-refractivity contribution in [1.82, 2.24) is 10.3 Å². The number of carbonyl (C=O) groups excluding carboxylic acids is 2. The number of hydrogen-bond acceptors (Lipinski definition) is 6. The predicted octanol–water partition coefficient (Wildman–Crippen LogP) is 5.91. The molecule has 0 aliphatic carbocycles. The van der Waals surface area contributed by atoms with E-state index in [-0.39, 0.29) is 19.0 Å². The molecular weight excluding hydrogens is 556 g/mol. The lowest BCUT2D eigenvalue weighted by Crippen LogP contribution is -2.43. The van der Waals surface area contributed by atoms with E-state index in [4.69, 9.17) is 14.6 Å². The summed E-state index contributed by atoms with van der Waals surface area (Å²) in [6, 6.07) is 20.1. The van der Waals surface area contributed by atoms with Crippen molar-refractivity contribution in [3.8, 4) is 0 Å². The van der Waals surface area contributed by atoms with Crippen molar-refractivity contribution in [3.63, 3.8) is 0 Å². The summed E-state index contributed by atoms with van der Waals surface area (Å²) < 4.78 is 10.7. The normalized spacial score (nSPS) is 11.5. The van der Waals surface area contributed by atoms with Crippen molar-refractivity contribution < 1.29 is 29.0 Å². The Kier molecular flexibility index (Phi) is 15.0. The van der Waals surface area contributed by atoms with Crippen LogP contribution in [0.15, 0.2) is 66.7 Å². The van der Waals surface area contributed by atoms with Crippen molar-refractivity contribution in [1.29, 1.82) is 0 Å². The monoisotopic (exact) mass is 594 g/mol. The number of aryl methyl sites for hydroxylation is 2. The number of amides is 1. The molecule has 0 saturated carbocycles. The number of rotatable bonds is 16. The van der Waals surface area contributed by atoms with Gasteiger partial charge >= 0.3 is 11.9 Å². The molecule has 0 aliphatic rings. The summed E-state index contributed by atoms with van der Waals surface area (Å²) in [6.45, 7) is 4.96. The molecule has 0 fully saturated rings. The molecule has 2 aromatic carbocycles. The highest BCUT2D eigenvalue weighted by Crippen LogP contribution is 2.12. The minimum atomic E-state index is -1.27. The average molecular weight is 595 g/mol. The third-order valence-electron chi connectivity index (χ3n) is 6.36. The van der Waals surface area contributed by atoms with E-state index in [1.54, 1.807) is 25.1 Å². The van der Waals surface area contributed by atoms with Crippen LogP contribution in [0.25, 0.3) is 12.2 Å². The molecule has 224 valence electrons. The number of aliphatic carboxylic acids is 1. The van der Waals surface area contributed by atoms with Gasteiger partial charge in [0.1, 0.15) is 6.04 Å². The van der Waals surface area contributed by atoms with E-state index in [9.17, 15) is 14.4 Å². The number of aromatic nitrogens is 1. The lowest BCUT2D eigenvalue weighted by molar-refractivity contribution is -0.149. The number of hydrogen-bond donors (Lipinski definition) is 2. The Morgan fingerprint density at radius 2 is 1.69 bits per heavy atom. The van der Waals surface area contributed by atoms with Crippen molar-refractivity contribution in [2.75, 3.05) is 13.2 Å². The van der Waals surface area contributed by atoms with Crippen LogP contribution in [0.4, 0.5) is 0 Å². The number of carbonyl (C=O) groups is 3. The molecule has 0 unspecified atom stereocenters. The summed E-state index contributed by atoms with van der Waals surface area (Å²) >= 11 is 0. The molecule has 42 heavy (non-hydrogen) atoms. The van der Waals surface area contributed by atoms with Crippen molar-refractivity contribution in [3.05, 3.63) is 100 Å². The second-order valence-corrected chi connectivity index (χ2v) is 9.57. The number of benzene rings is 2. The van der Waals surface area contributed by atoms with Gasteiger partial charge in [-0.2, -0.15) is 0 Å². The van der Waals surface area contributed by atoms with Gasteiger partial charge in [0.2, 0.25) is 0 Å². The first-order valence-corrected chi connectivity index (χ1v) is 14.0. The van der Waals surface area contributed by atoms with E-state index < -0.39 is 30.3 Å². The molecule has 9 heteroatoms. The van der Waals surface area contributed by atoms with E-state index in [2.05, 4.69) is 41.5 Å². The molecule has 0 aliphatic heterocycles. The van der Waals surface area contributed by atoms with Crippen LogP contribution >= 0.6 is 12.4 Å². The van der Waals surface area contributed by atoms with Crippen LogP contribution in [0.2, 0.25) is 0 Å². The minimum Gasteiger partial charge on any atom is -0.481 e. The molecule has 0 bridgehead atoms. The van der Waals surface area contributed by atoms with Crippen LogP contribution < -0.4 is 5.32 Å². The molecule has 0 saturated heterocycles. The molecule has 1 aromatic heterocycles. The second-order valence-electron chi connectivity index (χ2n) is 9.57. The predicted molar refractivity (Wildman–Crippen MR) is 165 cm³/mol. The van der Waals surface area contributed by atoms with Crippen LogP contribution in [0.1, 0.15) is 71.5 Å². The van der Waals surface area contributed by atoms with Gasteiger partial charge in [-0.05, 0) is 79.6 Å². The standard InChI is InChI=1S/C33H38N2O6.ClH/c1-3-24-14-16-25(17-15-24)9-5-6-20-40-23-29-13-8-12-28(34-29)19-18-26-10-7-11-27(21-26)32(38)35-30(22-31(36)37)33(39)41-4-2;/h7-8,10-19,21,30H,3-6,9,20,22-23H2,1-2H3,(H,35,38)(H,36,37);1H/b19-18+;/t30-;/m0./s1. The molecule has 2 N–H and O–H groups in total. The SMILES string of the molecule is CCOC(=O)[C@H](CC(=O)O)NC(=O)c1cccc(/C=C/c2cccc(COCCCCc3ccc(CC)cc3)n2)c1.Cl. The van der Waals surface area contributed by atoms with Crippen molar-refractivity contribution >= 4 is 42.4 Å². The maximum absolute atomic E-state index is 12.7. The number of pyridine rings is 1. The molecule has 1 heterocycles. The second kappa shape index (κ2) is 18.4. The quantitative estimate of drug-likeness (QED) is 0.156. The Morgan fingerprint density at radius 1 is 0.952 bits per heavy atom. The summed E-state index contributed by atoms with van der Waals surface area (Å²) in [7, 11) is 0. The Labute approximate surface area is 253 Å². The van der Waals surface area contributed by atoms with Gasteiger partial charge in [0, 0.05) is 12.2 Å². The summed E-state index contributed by atoms with van der Waals surface area (Å²) in [5.74, 6) is -2.56. The Bertz CT molecular complexity index is 1330. The largest absolute Gasteiger partial charge is 0.481 e. The fourth-order valence-electron chi connectivity index (χ4n) is 4.14. The smallest absolute Gasteiger partial charge is 0.329 e. The van der Waals surface area contributed by atoms with E-state index in [1.165, 1.54) is 11.1 Å². The van der Waals surface area contributed by atoms with Gasteiger partial charge in [0.25, 0.3) is 5.91 Å². The molecule has 0 spiro atoms. The van der Waals surface area contributed by atoms with Gasteiger partial charge < -0.3 is 19.9 Å². The molecule has 8 nitrogen and oxygen atoms in total. The van der Waals surface area contributed by atoms with E-state index in [1.807, 2.05) is 36.4 Å². The van der Waals surface area contributed by atoms with Crippen LogP contribution in [0.3, 0.4) is 0 Å². The van der Waals surface area contributed by atoms with Gasteiger partial charge in [0.15, 0.2) is 0 Å². The number of carboxylic acid groups (broad SMARTS) is 1. The fourth-order valence-corrected chi connectivity index (χ4v) is 4.14. The molecule has 3 aromatic rings. The van der Waals surface area contributed by atoms with Gasteiger partial charge in [-0.1, -0.05) is 55.5 Å². The molecule has 1 atom stereocenters. The first-order valence-electron chi connectivity index (χ1n) is 14.0. The summed E-state index contributed by atoms with van der Waals surface area (Å²) in [5, 5.41) is 11.5. The number of ether oxygens (including phenoxy) is 2. The maximum atomic E-state index is 12.7. The fraction of sp³-hybridized carbons (Fsp3) is 0.333. The molecule has 1 amide bonds. The molecule has 3 rings (SSSR count). The number of carboxylic acids is 1. The summed E-state index contributed by atoms with van der Waals surface area (Å²) in [5.41, 5.74) is 5.34. The summed E-state index contributed by atoms with van der Waals surface area (Å²) in [6.07, 6.45) is 7.26. The third-order valence-corrected chi connectivity index (χ3v) is 6.36. The first-order chi connectivity index (χ1) is 19.9. The lowest BCUT2D eigenvalue weighted by Gasteiger charge is -2.15.